The Labute approximate surface area is 105 Å². The van der Waals surface area contributed by atoms with Gasteiger partial charge in [0.25, 0.3) is 0 Å². The van der Waals surface area contributed by atoms with Crippen LogP contribution in [0.25, 0.3) is 0 Å². The van der Waals surface area contributed by atoms with Gasteiger partial charge in [0.2, 0.25) is 0 Å². The van der Waals surface area contributed by atoms with Gasteiger partial charge in [-0.25, -0.2) is 0 Å². The molecule has 0 bridgehead atoms. The van der Waals surface area contributed by atoms with Crippen LogP contribution in [0.2, 0.25) is 0 Å². The van der Waals surface area contributed by atoms with Gasteiger partial charge in [-0.3, -0.25) is 0 Å². The molecular formula is C11H16OS3. The first-order chi connectivity index (χ1) is 7.35. The average Bonchev–Trinajstić information content (AvgIpc) is 2.81. The molecule has 0 radical (unpaired) electrons. The molecule has 15 heavy (non-hydrogen) atoms. The summed E-state index contributed by atoms with van der Waals surface area (Å²) in [5, 5.41) is 2.14. The van der Waals surface area contributed by atoms with Crippen LogP contribution in [0.1, 0.15) is 12.8 Å². The fourth-order valence-electron chi connectivity index (χ4n) is 1.72. The Morgan fingerprint density at radius 2 is 2.27 bits per heavy atom. The van der Waals surface area contributed by atoms with Gasteiger partial charge in [0, 0.05) is 19.0 Å². The highest BCUT2D eigenvalue weighted by atomic mass is 32.2. The van der Waals surface area contributed by atoms with E-state index in [1.807, 2.05) is 23.1 Å². The van der Waals surface area contributed by atoms with E-state index in [0.717, 1.165) is 31.8 Å². The first-order valence-corrected chi connectivity index (χ1v) is 7.69. The van der Waals surface area contributed by atoms with Gasteiger partial charge >= 0.3 is 0 Å². The number of thiol groups is 1. The maximum absolute atomic E-state index is 5.42. The van der Waals surface area contributed by atoms with Crippen molar-refractivity contribution in [1.29, 1.82) is 0 Å². The lowest BCUT2D eigenvalue weighted by Gasteiger charge is -2.35. The van der Waals surface area contributed by atoms with Crippen LogP contribution in [-0.2, 0) is 4.74 Å². The zero-order valence-corrected chi connectivity index (χ0v) is 11.2. The minimum atomic E-state index is 0.399. The van der Waals surface area contributed by atoms with Crippen LogP contribution in [0.3, 0.4) is 0 Å². The molecule has 0 aromatic carbocycles. The van der Waals surface area contributed by atoms with Crippen LogP contribution in [0.5, 0.6) is 0 Å². The van der Waals surface area contributed by atoms with E-state index < -0.39 is 0 Å². The van der Waals surface area contributed by atoms with E-state index in [1.165, 1.54) is 9.96 Å². The second-order valence-electron chi connectivity index (χ2n) is 3.99. The molecule has 84 valence electrons. The molecule has 1 aliphatic heterocycles. The Kier molecular flexibility index (Phi) is 4.43. The Hall–Kier alpha value is 0.360. The average molecular weight is 260 g/mol. The van der Waals surface area contributed by atoms with E-state index in [2.05, 4.69) is 30.1 Å². The number of thiophene rings is 1. The fraction of sp³-hybridized carbons (Fsp3) is 0.636. The van der Waals surface area contributed by atoms with Crippen molar-refractivity contribution in [3.63, 3.8) is 0 Å². The third-order valence-corrected chi connectivity index (χ3v) is 6.06. The standard InChI is InChI=1S/C11H16OS3/c13-8-11(3-5-12-6-4-11)9-15-10-2-1-7-14-10/h1-2,7,13H,3-6,8-9H2. The van der Waals surface area contributed by atoms with Crippen LogP contribution in [-0.4, -0.2) is 24.7 Å². The molecule has 0 atom stereocenters. The molecule has 1 aromatic rings. The monoisotopic (exact) mass is 260 g/mol. The normalized spacial score (nSPS) is 20.3. The largest absolute Gasteiger partial charge is 0.381 e. The molecule has 0 amide bonds. The quantitative estimate of drug-likeness (QED) is 0.655. The number of thioether (sulfide) groups is 1. The van der Waals surface area contributed by atoms with E-state index in [1.54, 1.807) is 0 Å². The molecule has 0 unspecified atom stereocenters. The fourth-order valence-corrected chi connectivity index (χ4v) is 4.38. The van der Waals surface area contributed by atoms with Crippen molar-refractivity contribution in [1.82, 2.24) is 0 Å². The van der Waals surface area contributed by atoms with E-state index in [0.29, 0.717) is 5.41 Å². The summed E-state index contributed by atoms with van der Waals surface area (Å²) in [4.78, 5) is 0. The number of ether oxygens (including phenoxy) is 1. The van der Waals surface area contributed by atoms with Gasteiger partial charge in [-0.1, -0.05) is 6.07 Å². The summed E-state index contributed by atoms with van der Waals surface area (Å²) in [6.07, 6.45) is 2.32. The second kappa shape index (κ2) is 5.62. The summed E-state index contributed by atoms with van der Waals surface area (Å²) in [6.45, 7) is 1.82. The molecule has 0 spiro atoms. The van der Waals surface area contributed by atoms with Gasteiger partial charge in [-0.15, -0.1) is 23.1 Å². The predicted octanol–water partition coefficient (Wildman–Crippen LogP) is 3.57. The van der Waals surface area contributed by atoms with Crippen molar-refractivity contribution in [2.24, 2.45) is 5.41 Å². The van der Waals surface area contributed by atoms with Crippen LogP contribution in [0.15, 0.2) is 21.7 Å². The maximum Gasteiger partial charge on any atom is 0.0598 e. The highest BCUT2D eigenvalue weighted by Gasteiger charge is 2.31. The summed E-state index contributed by atoms with van der Waals surface area (Å²) in [6, 6.07) is 4.31. The molecule has 0 N–H and O–H groups in total. The second-order valence-corrected chi connectivity index (χ2v) is 6.53. The first-order valence-electron chi connectivity index (χ1n) is 5.20. The molecular weight excluding hydrogens is 244 g/mol. The lowest BCUT2D eigenvalue weighted by molar-refractivity contribution is 0.0371. The smallest absolute Gasteiger partial charge is 0.0598 e. The van der Waals surface area contributed by atoms with Gasteiger partial charge in [-0.2, -0.15) is 12.6 Å². The molecule has 1 nitrogen and oxygen atoms in total. The van der Waals surface area contributed by atoms with Gasteiger partial charge in [0.15, 0.2) is 0 Å². The van der Waals surface area contributed by atoms with E-state index in [4.69, 9.17) is 4.74 Å². The van der Waals surface area contributed by atoms with Crippen LogP contribution >= 0.6 is 35.7 Å². The highest BCUT2D eigenvalue weighted by molar-refractivity contribution is 8.01. The molecule has 1 fully saturated rings. The maximum atomic E-state index is 5.42. The summed E-state index contributed by atoms with van der Waals surface area (Å²) < 4.78 is 6.84. The summed E-state index contributed by atoms with van der Waals surface area (Å²) in [5.41, 5.74) is 0.399. The number of rotatable bonds is 4. The van der Waals surface area contributed by atoms with Gasteiger partial charge in [0.1, 0.15) is 0 Å². The van der Waals surface area contributed by atoms with Crippen molar-refractivity contribution in [3.8, 4) is 0 Å². The van der Waals surface area contributed by atoms with Gasteiger partial charge in [0.05, 0.1) is 4.21 Å². The zero-order valence-electron chi connectivity index (χ0n) is 8.65. The number of hydrogen-bond donors (Lipinski definition) is 1. The highest BCUT2D eigenvalue weighted by Crippen LogP contribution is 2.38. The summed E-state index contributed by atoms with van der Waals surface area (Å²) in [7, 11) is 0. The van der Waals surface area contributed by atoms with Crippen molar-refractivity contribution in [2.45, 2.75) is 17.1 Å². The van der Waals surface area contributed by atoms with E-state index in [-0.39, 0.29) is 0 Å². The minimum absolute atomic E-state index is 0.399. The van der Waals surface area contributed by atoms with Crippen molar-refractivity contribution in [3.05, 3.63) is 17.5 Å². The Morgan fingerprint density at radius 3 is 2.87 bits per heavy atom. The third kappa shape index (κ3) is 3.16. The van der Waals surface area contributed by atoms with Crippen molar-refractivity contribution in [2.75, 3.05) is 24.7 Å². The van der Waals surface area contributed by atoms with Crippen LogP contribution in [0.4, 0.5) is 0 Å². The third-order valence-electron chi connectivity index (χ3n) is 2.90. The lowest BCUT2D eigenvalue weighted by atomic mass is 9.84. The van der Waals surface area contributed by atoms with E-state index in [9.17, 15) is 0 Å². The predicted molar refractivity (Wildman–Crippen MR) is 71.4 cm³/mol. The molecule has 2 heterocycles. The molecule has 1 saturated heterocycles. The summed E-state index contributed by atoms with van der Waals surface area (Å²) >= 11 is 8.31. The Balaban J connectivity index is 1.89. The molecule has 0 aliphatic carbocycles. The van der Waals surface area contributed by atoms with Gasteiger partial charge in [-0.05, 0) is 35.5 Å². The van der Waals surface area contributed by atoms with Gasteiger partial charge < -0.3 is 4.74 Å². The topological polar surface area (TPSA) is 9.23 Å². The number of hydrogen-bond acceptors (Lipinski definition) is 4. The Morgan fingerprint density at radius 1 is 1.47 bits per heavy atom. The summed E-state index contributed by atoms with van der Waals surface area (Å²) in [5.74, 6) is 2.16. The van der Waals surface area contributed by atoms with Crippen molar-refractivity contribution >= 4 is 35.7 Å². The molecule has 1 aliphatic rings. The van der Waals surface area contributed by atoms with Crippen molar-refractivity contribution < 1.29 is 4.74 Å². The SMILES string of the molecule is SCC1(CSc2cccs2)CCOCC1. The minimum Gasteiger partial charge on any atom is -0.381 e. The zero-order chi connectivity index (χ0) is 10.6. The molecule has 2 rings (SSSR count). The molecule has 0 saturated carbocycles. The first kappa shape index (κ1) is 11.8. The Bertz CT molecular complexity index is 278. The molecule has 4 heteroatoms. The lowest BCUT2D eigenvalue weighted by Crippen LogP contribution is -2.33. The van der Waals surface area contributed by atoms with Crippen LogP contribution in [0, 0.1) is 5.41 Å². The molecule has 1 aromatic heterocycles. The van der Waals surface area contributed by atoms with E-state index >= 15 is 0 Å². The van der Waals surface area contributed by atoms with Crippen LogP contribution < -0.4 is 0 Å².